The summed E-state index contributed by atoms with van der Waals surface area (Å²) < 4.78 is 0. The average Bonchev–Trinajstić information content (AvgIpc) is 2.19. The normalized spacial score (nSPS) is 9.54. The van der Waals surface area contributed by atoms with E-state index in [0.29, 0.717) is 5.57 Å². The topological polar surface area (TPSA) is 17.1 Å². The fourth-order valence-electron chi connectivity index (χ4n) is 1.22. The van der Waals surface area contributed by atoms with Gasteiger partial charge in [-0.15, -0.1) is 0 Å². The van der Waals surface area contributed by atoms with E-state index in [9.17, 15) is 4.79 Å². The molecule has 0 saturated heterocycles. The van der Waals surface area contributed by atoms with Crippen LogP contribution in [0.2, 0.25) is 0 Å². The molecule has 0 unspecified atom stereocenters. The molecule has 0 aromatic heterocycles. The maximum absolute atomic E-state index is 10.2. The molecule has 0 aliphatic rings. The van der Waals surface area contributed by atoms with Gasteiger partial charge in [-0.2, -0.15) is 0 Å². The first-order chi connectivity index (χ1) is 6.33. The van der Waals surface area contributed by atoms with Crippen LogP contribution in [0, 0.1) is 0 Å². The quantitative estimate of drug-likeness (QED) is 0.495. The summed E-state index contributed by atoms with van der Waals surface area (Å²) in [6.45, 7) is 3.64. The molecular weight excluding hydrogens is 160 g/mol. The van der Waals surface area contributed by atoms with Crippen molar-refractivity contribution in [2.24, 2.45) is 0 Å². The number of allylic oxidation sites excluding steroid dienone is 1. The molecule has 1 aromatic rings. The lowest BCUT2D eigenvalue weighted by Crippen LogP contribution is -1.87. The van der Waals surface area contributed by atoms with Gasteiger partial charge in [0.2, 0.25) is 0 Å². The fourth-order valence-corrected chi connectivity index (χ4v) is 1.22. The van der Waals surface area contributed by atoms with E-state index < -0.39 is 0 Å². The minimum Gasteiger partial charge on any atom is -0.298 e. The highest BCUT2D eigenvalue weighted by atomic mass is 16.1. The Balaban J connectivity index is 2.28. The largest absolute Gasteiger partial charge is 0.298 e. The van der Waals surface area contributed by atoms with Crippen molar-refractivity contribution >= 4 is 6.29 Å². The molecule has 0 fully saturated rings. The predicted molar refractivity (Wildman–Crippen MR) is 54.6 cm³/mol. The van der Waals surface area contributed by atoms with Crippen LogP contribution < -0.4 is 0 Å². The van der Waals surface area contributed by atoms with Crippen LogP contribution in [0.15, 0.2) is 42.5 Å². The highest BCUT2D eigenvalue weighted by Gasteiger charge is 1.93. The highest BCUT2D eigenvalue weighted by Crippen LogP contribution is 2.07. The van der Waals surface area contributed by atoms with Gasteiger partial charge >= 0.3 is 0 Å². The molecule has 0 amide bonds. The number of aldehydes is 1. The second kappa shape index (κ2) is 5.31. The molecule has 1 heteroatoms. The van der Waals surface area contributed by atoms with Gasteiger partial charge in [0.1, 0.15) is 6.29 Å². The van der Waals surface area contributed by atoms with Crippen LogP contribution in [0.5, 0.6) is 0 Å². The number of carbonyl (C=O) groups excluding carboxylic acids is 1. The third kappa shape index (κ3) is 3.70. The molecule has 0 spiro atoms. The van der Waals surface area contributed by atoms with Crippen LogP contribution in [0.1, 0.15) is 18.4 Å². The molecule has 0 heterocycles. The minimum absolute atomic E-state index is 0.691. The van der Waals surface area contributed by atoms with Crippen molar-refractivity contribution in [2.45, 2.75) is 19.3 Å². The van der Waals surface area contributed by atoms with Gasteiger partial charge in [-0.3, -0.25) is 4.79 Å². The summed E-state index contributed by atoms with van der Waals surface area (Å²) in [5.74, 6) is 0. The molecule has 0 atom stereocenters. The Hall–Kier alpha value is -1.37. The van der Waals surface area contributed by atoms with Crippen LogP contribution in [0.4, 0.5) is 0 Å². The lowest BCUT2D eigenvalue weighted by Gasteiger charge is -1.99. The Bertz CT molecular complexity index is 274. The molecule has 13 heavy (non-hydrogen) atoms. The van der Waals surface area contributed by atoms with E-state index in [0.717, 1.165) is 25.5 Å². The summed E-state index contributed by atoms with van der Waals surface area (Å²) in [5, 5.41) is 0. The lowest BCUT2D eigenvalue weighted by molar-refractivity contribution is -0.105. The van der Waals surface area contributed by atoms with Crippen molar-refractivity contribution in [3.63, 3.8) is 0 Å². The van der Waals surface area contributed by atoms with Gasteiger partial charge in [0.05, 0.1) is 0 Å². The lowest BCUT2D eigenvalue weighted by atomic mass is 10.1. The standard InChI is InChI=1S/C12H14O/c1-11(10-13)6-5-9-12-7-3-2-4-8-12/h2-4,7-8,10H,1,5-6,9H2. The van der Waals surface area contributed by atoms with Crippen molar-refractivity contribution in [1.82, 2.24) is 0 Å². The molecule has 68 valence electrons. The molecule has 0 N–H and O–H groups in total. The molecule has 1 nitrogen and oxygen atoms in total. The molecule has 0 aliphatic heterocycles. The molecule has 0 saturated carbocycles. The van der Waals surface area contributed by atoms with Crippen molar-refractivity contribution in [1.29, 1.82) is 0 Å². The van der Waals surface area contributed by atoms with Gasteiger partial charge in [0.15, 0.2) is 0 Å². The number of benzene rings is 1. The van der Waals surface area contributed by atoms with Crippen LogP contribution in [0.25, 0.3) is 0 Å². The predicted octanol–water partition coefficient (Wildman–Crippen LogP) is 2.76. The Morgan fingerprint density at radius 3 is 2.62 bits per heavy atom. The third-order valence-electron chi connectivity index (χ3n) is 1.97. The first-order valence-electron chi connectivity index (χ1n) is 4.50. The van der Waals surface area contributed by atoms with Gasteiger partial charge in [-0.1, -0.05) is 36.9 Å². The Labute approximate surface area is 79.1 Å². The maximum atomic E-state index is 10.2. The summed E-state index contributed by atoms with van der Waals surface area (Å²) in [6.07, 6.45) is 3.67. The highest BCUT2D eigenvalue weighted by molar-refractivity contribution is 5.71. The number of aryl methyl sites for hydroxylation is 1. The Morgan fingerprint density at radius 2 is 2.00 bits per heavy atom. The maximum Gasteiger partial charge on any atom is 0.145 e. The summed E-state index contributed by atoms with van der Waals surface area (Å²) in [4.78, 5) is 10.2. The van der Waals surface area contributed by atoms with E-state index >= 15 is 0 Å². The summed E-state index contributed by atoms with van der Waals surface area (Å²) in [6, 6.07) is 10.3. The zero-order valence-electron chi connectivity index (χ0n) is 7.70. The van der Waals surface area contributed by atoms with Crippen molar-refractivity contribution < 1.29 is 4.79 Å². The van der Waals surface area contributed by atoms with Crippen molar-refractivity contribution in [2.75, 3.05) is 0 Å². The summed E-state index contributed by atoms with van der Waals surface area (Å²) in [7, 11) is 0. The first-order valence-corrected chi connectivity index (χ1v) is 4.50. The van der Waals surface area contributed by atoms with E-state index in [1.165, 1.54) is 5.56 Å². The second-order valence-corrected chi connectivity index (χ2v) is 3.12. The Morgan fingerprint density at radius 1 is 1.31 bits per heavy atom. The van der Waals surface area contributed by atoms with Crippen molar-refractivity contribution in [3.8, 4) is 0 Å². The van der Waals surface area contributed by atoms with Gasteiger partial charge < -0.3 is 0 Å². The fraction of sp³-hybridized carbons (Fsp3) is 0.250. The van der Waals surface area contributed by atoms with Gasteiger partial charge in [-0.25, -0.2) is 0 Å². The van der Waals surface area contributed by atoms with E-state index in [-0.39, 0.29) is 0 Å². The van der Waals surface area contributed by atoms with E-state index in [4.69, 9.17) is 0 Å². The first kappa shape index (κ1) is 9.72. The van der Waals surface area contributed by atoms with Gasteiger partial charge in [0.25, 0.3) is 0 Å². The SMILES string of the molecule is C=C(C=O)CCCc1ccccc1. The molecule has 1 aromatic carbocycles. The van der Waals surface area contributed by atoms with Gasteiger partial charge in [-0.05, 0) is 30.4 Å². The van der Waals surface area contributed by atoms with Crippen LogP contribution in [-0.4, -0.2) is 6.29 Å². The smallest absolute Gasteiger partial charge is 0.145 e. The van der Waals surface area contributed by atoms with Crippen LogP contribution in [0.3, 0.4) is 0 Å². The number of carbonyl (C=O) groups is 1. The van der Waals surface area contributed by atoms with Crippen LogP contribution >= 0.6 is 0 Å². The van der Waals surface area contributed by atoms with E-state index in [2.05, 4.69) is 18.7 Å². The second-order valence-electron chi connectivity index (χ2n) is 3.12. The van der Waals surface area contributed by atoms with Crippen LogP contribution in [-0.2, 0) is 11.2 Å². The molecule has 1 rings (SSSR count). The van der Waals surface area contributed by atoms with E-state index in [1.807, 2.05) is 18.2 Å². The monoisotopic (exact) mass is 174 g/mol. The Kier molecular flexibility index (Phi) is 3.97. The van der Waals surface area contributed by atoms with Crippen molar-refractivity contribution in [3.05, 3.63) is 48.0 Å². The van der Waals surface area contributed by atoms with Gasteiger partial charge in [0, 0.05) is 0 Å². The summed E-state index contributed by atoms with van der Waals surface area (Å²) >= 11 is 0. The molecule has 0 aliphatic carbocycles. The molecule has 0 bridgehead atoms. The zero-order valence-corrected chi connectivity index (χ0v) is 7.70. The third-order valence-corrected chi connectivity index (χ3v) is 1.97. The minimum atomic E-state index is 0.691. The number of hydrogen-bond acceptors (Lipinski definition) is 1. The molecular formula is C12H14O. The van der Waals surface area contributed by atoms with E-state index in [1.54, 1.807) is 0 Å². The number of hydrogen-bond donors (Lipinski definition) is 0. The number of rotatable bonds is 5. The zero-order chi connectivity index (χ0) is 9.52. The summed E-state index contributed by atoms with van der Waals surface area (Å²) in [5.41, 5.74) is 2.01. The average molecular weight is 174 g/mol. The molecule has 0 radical (unpaired) electrons.